The molecule has 0 aliphatic rings. The molecule has 0 spiro atoms. The van der Waals surface area contributed by atoms with Gasteiger partial charge in [0.1, 0.15) is 11.9 Å². The van der Waals surface area contributed by atoms with E-state index in [1.54, 1.807) is 0 Å². The van der Waals surface area contributed by atoms with Crippen molar-refractivity contribution in [1.82, 2.24) is 0 Å². The molecular weight excluding hydrogens is 336 g/mol. The van der Waals surface area contributed by atoms with Crippen molar-refractivity contribution in [3.8, 4) is 5.75 Å². The third-order valence-corrected chi connectivity index (χ3v) is 4.59. The fraction of sp³-hybridized carbons (Fsp3) is 0.435. The van der Waals surface area contributed by atoms with Crippen molar-refractivity contribution < 1.29 is 9.53 Å². The number of benzene rings is 2. The number of anilines is 2. The van der Waals surface area contributed by atoms with Gasteiger partial charge in [0.15, 0.2) is 0 Å². The first-order chi connectivity index (χ1) is 12.8. The highest BCUT2D eigenvalue weighted by molar-refractivity contribution is 6.00. The molecule has 27 heavy (non-hydrogen) atoms. The molecule has 2 N–H and O–H groups in total. The number of rotatable bonds is 7. The maximum atomic E-state index is 12.5. The van der Waals surface area contributed by atoms with E-state index in [2.05, 4.69) is 51.3 Å². The molecule has 4 nitrogen and oxygen atoms in total. The van der Waals surface area contributed by atoms with Gasteiger partial charge in [-0.05, 0) is 55.0 Å². The highest BCUT2D eigenvalue weighted by Gasteiger charge is 2.21. The molecule has 0 bridgehead atoms. The molecule has 2 aromatic rings. The molecule has 2 rings (SSSR count). The van der Waals surface area contributed by atoms with E-state index in [0.717, 1.165) is 23.2 Å². The lowest BCUT2D eigenvalue weighted by molar-refractivity contribution is 0.106. The lowest BCUT2D eigenvalue weighted by atomic mass is 9.96. The largest absolute Gasteiger partial charge is 0.488 e. The van der Waals surface area contributed by atoms with Crippen LogP contribution in [0.25, 0.3) is 0 Å². The van der Waals surface area contributed by atoms with Crippen molar-refractivity contribution in [3.63, 3.8) is 0 Å². The summed E-state index contributed by atoms with van der Waals surface area (Å²) in [4.78, 5) is 12.5. The molecule has 0 saturated heterocycles. The molecule has 0 saturated carbocycles. The molecule has 0 aliphatic carbocycles. The molecule has 0 aromatic heterocycles. The van der Waals surface area contributed by atoms with Crippen LogP contribution in [-0.2, 0) is 6.42 Å². The van der Waals surface area contributed by atoms with Crippen LogP contribution in [0.1, 0.15) is 45.7 Å². The van der Waals surface area contributed by atoms with Gasteiger partial charge in [-0.15, -0.1) is 0 Å². The molecule has 0 heterocycles. The zero-order valence-electron chi connectivity index (χ0n) is 17.3. The van der Waals surface area contributed by atoms with Gasteiger partial charge in [0.25, 0.3) is 0 Å². The second-order valence-corrected chi connectivity index (χ2v) is 7.70. The number of ether oxygens (including phenoxy) is 1. The standard InChI is InChI=1S/C23H32N2O2/c1-7-18-10-13-21(27-22(15(2)3)16(4)5)20(14-18)25-23(26)24-19-11-8-17(6)9-12-19/h8-16,22H,7H2,1-6H3,(H2,24,25,26). The quantitative estimate of drug-likeness (QED) is 0.606. The fourth-order valence-electron chi connectivity index (χ4n) is 3.11. The average Bonchev–Trinajstić information content (AvgIpc) is 2.61. The van der Waals surface area contributed by atoms with E-state index >= 15 is 0 Å². The van der Waals surface area contributed by atoms with Crippen LogP contribution in [0.2, 0.25) is 0 Å². The summed E-state index contributed by atoms with van der Waals surface area (Å²) in [6.45, 7) is 12.7. The number of hydrogen-bond acceptors (Lipinski definition) is 2. The Morgan fingerprint density at radius 1 is 0.963 bits per heavy atom. The second-order valence-electron chi connectivity index (χ2n) is 7.70. The van der Waals surface area contributed by atoms with Gasteiger partial charge in [0.2, 0.25) is 0 Å². The molecule has 2 amide bonds. The van der Waals surface area contributed by atoms with Crippen molar-refractivity contribution in [1.29, 1.82) is 0 Å². The minimum atomic E-state index is -0.275. The maximum Gasteiger partial charge on any atom is 0.323 e. The van der Waals surface area contributed by atoms with Gasteiger partial charge in [-0.1, -0.05) is 58.4 Å². The van der Waals surface area contributed by atoms with Crippen molar-refractivity contribution >= 4 is 17.4 Å². The maximum absolute atomic E-state index is 12.5. The van der Waals surface area contributed by atoms with Crippen molar-refractivity contribution in [2.75, 3.05) is 10.6 Å². The zero-order chi connectivity index (χ0) is 20.0. The molecule has 0 radical (unpaired) electrons. The predicted molar refractivity (Wildman–Crippen MR) is 114 cm³/mol. The summed E-state index contributed by atoms with van der Waals surface area (Å²) < 4.78 is 6.29. The highest BCUT2D eigenvalue weighted by atomic mass is 16.5. The predicted octanol–water partition coefficient (Wildman–Crippen LogP) is 6.26. The van der Waals surface area contributed by atoms with E-state index in [0.29, 0.717) is 23.3 Å². The first-order valence-corrected chi connectivity index (χ1v) is 9.74. The summed E-state index contributed by atoms with van der Waals surface area (Å²) in [6, 6.07) is 13.4. The number of urea groups is 1. The lowest BCUT2D eigenvalue weighted by Gasteiger charge is -2.27. The van der Waals surface area contributed by atoms with Crippen LogP contribution in [-0.4, -0.2) is 12.1 Å². The Labute approximate surface area is 163 Å². The van der Waals surface area contributed by atoms with Crippen LogP contribution in [0, 0.1) is 18.8 Å². The van der Waals surface area contributed by atoms with Gasteiger partial charge < -0.3 is 15.4 Å². The van der Waals surface area contributed by atoms with Crippen LogP contribution < -0.4 is 15.4 Å². The van der Waals surface area contributed by atoms with Crippen LogP contribution in [0.4, 0.5) is 16.2 Å². The highest BCUT2D eigenvalue weighted by Crippen LogP contribution is 2.30. The second kappa shape index (κ2) is 9.45. The molecule has 4 heteroatoms. The lowest BCUT2D eigenvalue weighted by Crippen LogP contribution is -2.29. The summed E-state index contributed by atoms with van der Waals surface area (Å²) in [5.74, 6) is 1.47. The monoisotopic (exact) mass is 368 g/mol. The molecular formula is C23H32N2O2. The first-order valence-electron chi connectivity index (χ1n) is 9.74. The van der Waals surface area contributed by atoms with E-state index in [4.69, 9.17) is 4.74 Å². The molecule has 146 valence electrons. The Morgan fingerprint density at radius 3 is 2.15 bits per heavy atom. The minimum Gasteiger partial charge on any atom is -0.488 e. The summed E-state index contributed by atoms with van der Waals surface area (Å²) in [7, 11) is 0. The van der Waals surface area contributed by atoms with Crippen molar-refractivity contribution in [2.24, 2.45) is 11.8 Å². The van der Waals surface area contributed by atoms with E-state index in [-0.39, 0.29) is 12.1 Å². The Kier molecular flexibility index (Phi) is 7.28. The average molecular weight is 369 g/mol. The van der Waals surface area contributed by atoms with E-state index in [1.165, 1.54) is 0 Å². The first kappa shape index (κ1) is 20.8. The third kappa shape index (κ3) is 6.02. The van der Waals surface area contributed by atoms with Gasteiger partial charge in [0, 0.05) is 5.69 Å². The van der Waals surface area contributed by atoms with Crippen LogP contribution in [0.3, 0.4) is 0 Å². The van der Waals surface area contributed by atoms with Gasteiger partial charge in [-0.3, -0.25) is 0 Å². The zero-order valence-corrected chi connectivity index (χ0v) is 17.3. The number of amides is 2. The molecule has 2 aromatic carbocycles. The summed E-state index contributed by atoms with van der Waals surface area (Å²) in [6.07, 6.45) is 0.977. The molecule has 0 atom stereocenters. The topological polar surface area (TPSA) is 50.4 Å². The Bertz CT molecular complexity index is 743. The summed E-state index contributed by atoms with van der Waals surface area (Å²) >= 11 is 0. The van der Waals surface area contributed by atoms with Gasteiger partial charge >= 0.3 is 6.03 Å². The number of hydrogen-bond donors (Lipinski definition) is 2. The Balaban J connectivity index is 2.20. The Morgan fingerprint density at radius 2 is 1.59 bits per heavy atom. The normalized spacial score (nSPS) is 11.1. The third-order valence-electron chi connectivity index (χ3n) is 4.59. The minimum absolute atomic E-state index is 0.0817. The number of nitrogens with one attached hydrogen (secondary N) is 2. The Hall–Kier alpha value is -2.49. The molecule has 0 fully saturated rings. The smallest absolute Gasteiger partial charge is 0.323 e. The van der Waals surface area contributed by atoms with Crippen LogP contribution in [0.15, 0.2) is 42.5 Å². The van der Waals surface area contributed by atoms with Crippen LogP contribution >= 0.6 is 0 Å². The number of aryl methyl sites for hydroxylation is 2. The van der Waals surface area contributed by atoms with Crippen LogP contribution in [0.5, 0.6) is 5.75 Å². The van der Waals surface area contributed by atoms with E-state index in [1.807, 2.05) is 43.3 Å². The van der Waals surface area contributed by atoms with E-state index < -0.39 is 0 Å². The molecule has 0 unspecified atom stereocenters. The van der Waals surface area contributed by atoms with Gasteiger partial charge in [-0.2, -0.15) is 0 Å². The van der Waals surface area contributed by atoms with E-state index in [9.17, 15) is 4.79 Å². The summed E-state index contributed by atoms with van der Waals surface area (Å²) in [5.41, 5.74) is 3.76. The van der Waals surface area contributed by atoms with Crippen molar-refractivity contribution in [3.05, 3.63) is 53.6 Å². The number of carbonyl (C=O) groups is 1. The van der Waals surface area contributed by atoms with Gasteiger partial charge in [0.05, 0.1) is 5.69 Å². The number of carbonyl (C=O) groups excluding carboxylic acids is 1. The van der Waals surface area contributed by atoms with Gasteiger partial charge in [-0.25, -0.2) is 4.79 Å². The summed E-state index contributed by atoms with van der Waals surface area (Å²) in [5, 5.41) is 5.83. The fourth-order valence-corrected chi connectivity index (χ4v) is 3.11. The molecule has 0 aliphatic heterocycles. The SMILES string of the molecule is CCc1ccc(OC(C(C)C)C(C)C)c(NC(=O)Nc2ccc(C)cc2)c1. The van der Waals surface area contributed by atoms with Crippen molar-refractivity contribution in [2.45, 2.75) is 54.1 Å².